The summed E-state index contributed by atoms with van der Waals surface area (Å²) in [4.78, 5) is 12.2. The van der Waals surface area contributed by atoms with Crippen LogP contribution in [0.5, 0.6) is 11.5 Å². The van der Waals surface area contributed by atoms with Crippen molar-refractivity contribution in [1.29, 1.82) is 0 Å². The Hall–Kier alpha value is -2.99. The van der Waals surface area contributed by atoms with E-state index in [4.69, 9.17) is 4.74 Å². The van der Waals surface area contributed by atoms with E-state index in [1.807, 2.05) is 49.4 Å². The molecule has 0 radical (unpaired) electrons. The second-order valence-corrected chi connectivity index (χ2v) is 7.27. The number of phenols is 1. The predicted molar refractivity (Wildman–Crippen MR) is 115 cm³/mol. The maximum absolute atomic E-state index is 12.2. The normalized spacial score (nSPS) is 10.4. The molecule has 0 unspecified atom stereocenters. The SMILES string of the molecule is Cc1ccc(NC(=O)COc2ccc(Br)cc2CNc2ccc(O)cc2)cc1. The van der Waals surface area contributed by atoms with E-state index in [-0.39, 0.29) is 18.3 Å². The molecule has 144 valence electrons. The number of ether oxygens (including phenoxy) is 1. The van der Waals surface area contributed by atoms with Crippen LogP contribution in [0.2, 0.25) is 0 Å². The number of aryl methyl sites for hydroxylation is 1. The molecule has 3 rings (SSSR count). The summed E-state index contributed by atoms with van der Waals surface area (Å²) in [5, 5.41) is 15.5. The quantitative estimate of drug-likeness (QED) is 0.447. The van der Waals surface area contributed by atoms with Gasteiger partial charge in [-0.1, -0.05) is 33.6 Å². The van der Waals surface area contributed by atoms with Crippen LogP contribution in [0.3, 0.4) is 0 Å². The average Bonchev–Trinajstić information content (AvgIpc) is 2.68. The van der Waals surface area contributed by atoms with E-state index in [2.05, 4.69) is 26.6 Å². The van der Waals surface area contributed by atoms with E-state index in [9.17, 15) is 9.90 Å². The molecule has 1 amide bonds. The number of hydrogen-bond acceptors (Lipinski definition) is 4. The summed E-state index contributed by atoms with van der Waals surface area (Å²) in [6.07, 6.45) is 0. The molecule has 0 saturated heterocycles. The third-order valence-corrected chi connectivity index (χ3v) is 4.56. The van der Waals surface area contributed by atoms with Gasteiger partial charge in [-0.05, 0) is 61.5 Å². The molecule has 3 N–H and O–H groups in total. The lowest BCUT2D eigenvalue weighted by Gasteiger charge is -2.14. The highest BCUT2D eigenvalue weighted by atomic mass is 79.9. The molecule has 0 heterocycles. The summed E-state index contributed by atoms with van der Waals surface area (Å²) in [5.74, 6) is 0.634. The number of carbonyl (C=O) groups excluding carboxylic acids is 1. The van der Waals surface area contributed by atoms with Gasteiger partial charge in [0.05, 0.1) is 0 Å². The Morgan fingerprint density at radius 2 is 1.68 bits per heavy atom. The van der Waals surface area contributed by atoms with Gasteiger partial charge in [-0.25, -0.2) is 0 Å². The van der Waals surface area contributed by atoms with Crippen LogP contribution in [0.15, 0.2) is 71.2 Å². The van der Waals surface area contributed by atoms with Crippen molar-refractivity contribution in [1.82, 2.24) is 0 Å². The van der Waals surface area contributed by atoms with Gasteiger partial charge in [0, 0.05) is 28.0 Å². The zero-order valence-electron chi connectivity index (χ0n) is 15.4. The highest BCUT2D eigenvalue weighted by Crippen LogP contribution is 2.25. The molecule has 0 aliphatic carbocycles. The molecule has 0 aliphatic heterocycles. The number of hydrogen-bond donors (Lipinski definition) is 3. The van der Waals surface area contributed by atoms with Crippen molar-refractivity contribution in [3.63, 3.8) is 0 Å². The van der Waals surface area contributed by atoms with Gasteiger partial charge in [-0.2, -0.15) is 0 Å². The highest BCUT2D eigenvalue weighted by molar-refractivity contribution is 9.10. The number of amides is 1. The van der Waals surface area contributed by atoms with Crippen LogP contribution in [0, 0.1) is 6.92 Å². The fraction of sp³-hybridized carbons (Fsp3) is 0.136. The fourth-order valence-corrected chi connectivity index (χ4v) is 2.99. The van der Waals surface area contributed by atoms with Crippen LogP contribution in [0.4, 0.5) is 11.4 Å². The summed E-state index contributed by atoms with van der Waals surface area (Å²) in [6.45, 7) is 2.43. The number of rotatable bonds is 7. The first kappa shape index (κ1) is 19.8. The highest BCUT2D eigenvalue weighted by Gasteiger charge is 2.09. The summed E-state index contributed by atoms with van der Waals surface area (Å²) in [5.41, 5.74) is 3.66. The van der Waals surface area contributed by atoms with E-state index in [0.29, 0.717) is 12.3 Å². The summed E-state index contributed by atoms with van der Waals surface area (Å²) >= 11 is 3.47. The first-order valence-corrected chi connectivity index (χ1v) is 9.59. The fourth-order valence-electron chi connectivity index (χ4n) is 2.58. The van der Waals surface area contributed by atoms with Crippen molar-refractivity contribution in [2.45, 2.75) is 13.5 Å². The number of anilines is 2. The minimum atomic E-state index is -0.218. The van der Waals surface area contributed by atoms with Crippen molar-refractivity contribution in [2.75, 3.05) is 17.2 Å². The molecule has 0 aliphatic rings. The van der Waals surface area contributed by atoms with Crippen LogP contribution in [-0.2, 0) is 11.3 Å². The first-order chi connectivity index (χ1) is 13.5. The molecule has 0 spiro atoms. The Morgan fingerprint density at radius 3 is 2.39 bits per heavy atom. The van der Waals surface area contributed by atoms with Gasteiger partial charge < -0.3 is 20.5 Å². The molecule has 6 heteroatoms. The maximum Gasteiger partial charge on any atom is 0.262 e. The van der Waals surface area contributed by atoms with Gasteiger partial charge in [0.25, 0.3) is 5.91 Å². The van der Waals surface area contributed by atoms with Gasteiger partial charge in [-0.15, -0.1) is 0 Å². The molecule has 0 atom stereocenters. The molecule has 0 saturated carbocycles. The van der Waals surface area contributed by atoms with E-state index < -0.39 is 0 Å². The monoisotopic (exact) mass is 440 g/mol. The van der Waals surface area contributed by atoms with Crippen LogP contribution >= 0.6 is 15.9 Å². The summed E-state index contributed by atoms with van der Waals surface area (Å²) < 4.78 is 6.67. The minimum absolute atomic E-state index is 0.0816. The number of aromatic hydroxyl groups is 1. The van der Waals surface area contributed by atoms with Gasteiger partial charge in [0.15, 0.2) is 6.61 Å². The van der Waals surface area contributed by atoms with Crippen LogP contribution < -0.4 is 15.4 Å². The smallest absolute Gasteiger partial charge is 0.262 e. The minimum Gasteiger partial charge on any atom is -0.508 e. The predicted octanol–water partition coefficient (Wildman–Crippen LogP) is 5.09. The third-order valence-electron chi connectivity index (χ3n) is 4.07. The number of nitrogens with one attached hydrogen (secondary N) is 2. The largest absolute Gasteiger partial charge is 0.508 e. The van der Waals surface area contributed by atoms with Gasteiger partial charge in [-0.3, -0.25) is 4.79 Å². The van der Waals surface area contributed by atoms with Gasteiger partial charge in [0.1, 0.15) is 11.5 Å². The van der Waals surface area contributed by atoms with Crippen molar-refractivity contribution >= 4 is 33.2 Å². The Labute approximate surface area is 172 Å². The van der Waals surface area contributed by atoms with Gasteiger partial charge >= 0.3 is 0 Å². The van der Waals surface area contributed by atoms with Crippen molar-refractivity contribution < 1.29 is 14.6 Å². The molecule has 3 aromatic rings. The Balaban J connectivity index is 1.60. The average molecular weight is 441 g/mol. The van der Waals surface area contributed by atoms with Crippen molar-refractivity contribution in [2.24, 2.45) is 0 Å². The Kier molecular flexibility index (Phi) is 6.55. The standard InChI is InChI=1S/C22H21BrN2O3/c1-15-2-5-19(6-3-15)25-22(27)14-28-21-11-4-17(23)12-16(21)13-24-18-7-9-20(26)10-8-18/h2-12,24,26H,13-14H2,1H3,(H,25,27). The number of phenolic OH excluding ortho intramolecular Hbond substituents is 1. The number of halogens is 1. The van der Waals surface area contributed by atoms with Crippen LogP contribution in [0.1, 0.15) is 11.1 Å². The van der Waals surface area contributed by atoms with Gasteiger partial charge in [0.2, 0.25) is 0 Å². The lowest BCUT2D eigenvalue weighted by atomic mass is 10.2. The van der Waals surface area contributed by atoms with E-state index in [1.54, 1.807) is 24.3 Å². The topological polar surface area (TPSA) is 70.6 Å². The molecule has 3 aromatic carbocycles. The number of carbonyl (C=O) groups is 1. The summed E-state index contributed by atoms with van der Waals surface area (Å²) in [7, 11) is 0. The van der Waals surface area contributed by atoms with Crippen molar-refractivity contribution in [3.05, 3.63) is 82.3 Å². The molecular formula is C22H21BrN2O3. The molecule has 5 nitrogen and oxygen atoms in total. The zero-order valence-corrected chi connectivity index (χ0v) is 17.0. The second kappa shape index (κ2) is 9.28. The van der Waals surface area contributed by atoms with Crippen LogP contribution in [-0.4, -0.2) is 17.6 Å². The molecule has 28 heavy (non-hydrogen) atoms. The van der Waals surface area contributed by atoms with Crippen molar-refractivity contribution in [3.8, 4) is 11.5 Å². The summed E-state index contributed by atoms with van der Waals surface area (Å²) in [6, 6.07) is 20.1. The molecule has 0 fully saturated rings. The Bertz CT molecular complexity index is 941. The van der Waals surface area contributed by atoms with E-state index in [1.165, 1.54) is 0 Å². The zero-order chi connectivity index (χ0) is 19.9. The van der Waals surface area contributed by atoms with E-state index >= 15 is 0 Å². The number of benzene rings is 3. The lowest BCUT2D eigenvalue weighted by molar-refractivity contribution is -0.118. The van der Waals surface area contributed by atoms with Crippen LogP contribution in [0.25, 0.3) is 0 Å². The first-order valence-electron chi connectivity index (χ1n) is 8.80. The molecule has 0 aromatic heterocycles. The Morgan fingerprint density at radius 1 is 1.00 bits per heavy atom. The molecule has 0 bridgehead atoms. The lowest BCUT2D eigenvalue weighted by Crippen LogP contribution is -2.20. The maximum atomic E-state index is 12.2. The van der Waals surface area contributed by atoms with E-state index in [0.717, 1.165) is 27.0 Å². The third kappa shape index (κ3) is 5.76. The second-order valence-electron chi connectivity index (χ2n) is 6.36. The molecular weight excluding hydrogens is 420 g/mol.